The predicted molar refractivity (Wildman–Crippen MR) is 57.8 cm³/mol. The van der Waals surface area contributed by atoms with Crippen molar-refractivity contribution in [3.05, 3.63) is 36.6 Å². The van der Waals surface area contributed by atoms with E-state index in [1.165, 1.54) is 0 Å². The minimum atomic E-state index is -1.60. The van der Waals surface area contributed by atoms with Gasteiger partial charge in [0.1, 0.15) is 0 Å². The highest BCUT2D eigenvalue weighted by Gasteiger charge is 2.37. The van der Waals surface area contributed by atoms with Crippen LogP contribution in [0.1, 0.15) is 0 Å². The zero-order chi connectivity index (χ0) is 9.47. The van der Waals surface area contributed by atoms with E-state index in [2.05, 4.69) is 44.0 Å². The molecule has 1 nitrogen and oxygen atoms in total. The molecule has 0 aliphatic heterocycles. The minimum Gasteiger partial charge on any atom is -0.409 e. The van der Waals surface area contributed by atoms with Crippen molar-refractivity contribution < 1.29 is 4.43 Å². The molecule has 0 saturated carbocycles. The first kappa shape index (κ1) is 8.97. The topological polar surface area (TPSA) is 9.23 Å². The molecule has 0 spiro atoms. The Morgan fingerprint density at radius 2 is 1.62 bits per heavy atom. The fourth-order valence-corrected chi connectivity index (χ4v) is 3.00. The lowest BCUT2D eigenvalue weighted by molar-refractivity contribution is 0.167. The van der Waals surface area contributed by atoms with Crippen LogP contribution in [-0.4, -0.2) is 14.4 Å². The van der Waals surface area contributed by atoms with E-state index in [1.54, 1.807) is 0 Å². The Morgan fingerprint density at radius 1 is 1.15 bits per heavy atom. The minimum absolute atomic E-state index is 0.375. The van der Waals surface area contributed by atoms with Crippen LogP contribution in [0.5, 0.6) is 0 Å². The molecule has 2 aliphatic carbocycles. The quantitative estimate of drug-likeness (QED) is 0.493. The van der Waals surface area contributed by atoms with Crippen LogP contribution in [-0.2, 0) is 4.43 Å². The van der Waals surface area contributed by atoms with Crippen molar-refractivity contribution in [3.63, 3.8) is 0 Å². The molecule has 0 unspecified atom stereocenters. The summed E-state index contributed by atoms with van der Waals surface area (Å²) in [4.78, 5) is 0. The van der Waals surface area contributed by atoms with Crippen LogP contribution < -0.4 is 0 Å². The molecule has 0 aromatic carbocycles. The van der Waals surface area contributed by atoms with Gasteiger partial charge in [-0.25, -0.2) is 0 Å². The highest BCUT2D eigenvalue weighted by atomic mass is 28.4. The van der Waals surface area contributed by atoms with Crippen LogP contribution in [0.15, 0.2) is 36.6 Å². The van der Waals surface area contributed by atoms with E-state index in [4.69, 9.17) is 4.43 Å². The maximum absolute atomic E-state index is 6.13. The van der Waals surface area contributed by atoms with Crippen molar-refractivity contribution in [2.45, 2.75) is 19.2 Å². The van der Waals surface area contributed by atoms with Gasteiger partial charge in [0, 0.05) is 11.8 Å². The molecule has 0 heterocycles. The largest absolute Gasteiger partial charge is 0.409 e. The molecule has 70 valence electrons. The van der Waals surface area contributed by atoms with Crippen LogP contribution in [0.3, 0.4) is 0 Å². The van der Waals surface area contributed by atoms with Crippen molar-refractivity contribution in [2.24, 2.45) is 11.8 Å². The second-order valence-electron chi connectivity index (χ2n) is 4.31. The van der Waals surface area contributed by atoms with Gasteiger partial charge in [-0.05, 0) is 13.1 Å². The third-order valence-corrected chi connectivity index (χ3v) is 4.66. The molecule has 2 rings (SSSR count). The second kappa shape index (κ2) is 2.96. The molecule has 0 fully saturated rings. The lowest BCUT2D eigenvalue weighted by Gasteiger charge is -2.27. The molecule has 0 aromatic heterocycles. The van der Waals surface area contributed by atoms with E-state index < -0.39 is 8.32 Å². The van der Waals surface area contributed by atoms with Crippen LogP contribution >= 0.6 is 0 Å². The van der Waals surface area contributed by atoms with E-state index in [0.29, 0.717) is 17.9 Å². The third-order valence-electron chi connectivity index (χ3n) is 2.80. The van der Waals surface area contributed by atoms with Crippen molar-refractivity contribution in [2.75, 3.05) is 0 Å². The Kier molecular flexibility index (Phi) is 2.04. The fraction of sp³-hybridized carbons (Fsp3) is 0.455. The summed E-state index contributed by atoms with van der Waals surface area (Å²) in [7, 11) is -1.60. The maximum atomic E-state index is 6.13. The van der Waals surface area contributed by atoms with Crippen molar-refractivity contribution in [1.29, 1.82) is 0 Å². The standard InChI is InChI=1S/C11H16OSi/c1-4-13(2,3)12-11-9-5-6-10(11)8-7-9/h4-11H,1H2,2-3H3. The first-order chi connectivity index (χ1) is 6.12. The normalized spacial score (nSPS) is 35.7. The Balaban J connectivity index is 2.03. The van der Waals surface area contributed by atoms with Gasteiger partial charge in [-0.3, -0.25) is 0 Å². The van der Waals surface area contributed by atoms with Crippen LogP contribution in [0.4, 0.5) is 0 Å². The van der Waals surface area contributed by atoms with E-state index in [9.17, 15) is 0 Å². The van der Waals surface area contributed by atoms with Gasteiger partial charge in [0.05, 0.1) is 6.10 Å². The smallest absolute Gasteiger partial charge is 0.210 e. The van der Waals surface area contributed by atoms with E-state index in [-0.39, 0.29) is 0 Å². The van der Waals surface area contributed by atoms with Crippen molar-refractivity contribution in [3.8, 4) is 0 Å². The molecule has 2 heteroatoms. The number of hydrogen-bond acceptors (Lipinski definition) is 1. The Bertz CT molecular complexity index is 248. The molecule has 2 aliphatic rings. The number of rotatable bonds is 3. The summed E-state index contributed by atoms with van der Waals surface area (Å²) in [5.74, 6) is 1.05. The lowest BCUT2D eigenvalue weighted by Crippen LogP contribution is -2.36. The van der Waals surface area contributed by atoms with Gasteiger partial charge in [0.25, 0.3) is 0 Å². The van der Waals surface area contributed by atoms with E-state index in [1.807, 2.05) is 5.70 Å². The van der Waals surface area contributed by atoms with Crippen molar-refractivity contribution in [1.82, 2.24) is 0 Å². The van der Waals surface area contributed by atoms with E-state index >= 15 is 0 Å². The molecule has 0 radical (unpaired) electrons. The first-order valence-electron chi connectivity index (χ1n) is 4.80. The Morgan fingerprint density at radius 3 is 2.00 bits per heavy atom. The average molecular weight is 192 g/mol. The monoisotopic (exact) mass is 192 g/mol. The summed E-state index contributed by atoms with van der Waals surface area (Å²) < 4.78 is 6.13. The zero-order valence-electron chi connectivity index (χ0n) is 8.23. The molecular formula is C11H16OSi. The van der Waals surface area contributed by atoms with Crippen LogP contribution in [0.2, 0.25) is 13.1 Å². The molecule has 2 bridgehead atoms. The average Bonchev–Trinajstić information content (AvgIpc) is 2.65. The van der Waals surface area contributed by atoms with Gasteiger partial charge in [0.15, 0.2) is 0 Å². The third kappa shape index (κ3) is 1.56. The van der Waals surface area contributed by atoms with Gasteiger partial charge in [-0.15, -0.1) is 6.58 Å². The maximum Gasteiger partial charge on any atom is 0.210 e. The SMILES string of the molecule is C=C[Si](C)(C)OC1C2C=CC1C=C2. The molecule has 13 heavy (non-hydrogen) atoms. The zero-order valence-corrected chi connectivity index (χ0v) is 9.23. The summed E-state index contributed by atoms with van der Waals surface area (Å²) in [6.45, 7) is 8.23. The van der Waals surface area contributed by atoms with Gasteiger partial charge < -0.3 is 4.43 Å². The van der Waals surface area contributed by atoms with Crippen LogP contribution in [0.25, 0.3) is 0 Å². The summed E-state index contributed by atoms with van der Waals surface area (Å²) in [5.41, 5.74) is 2.00. The highest BCUT2D eigenvalue weighted by Crippen LogP contribution is 2.36. The first-order valence-corrected chi connectivity index (χ1v) is 7.79. The Labute approximate surface area is 80.9 Å². The highest BCUT2D eigenvalue weighted by molar-refractivity contribution is 6.76. The second-order valence-corrected chi connectivity index (χ2v) is 8.17. The van der Waals surface area contributed by atoms with Gasteiger partial charge in [-0.1, -0.05) is 30.0 Å². The predicted octanol–water partition coefficient (Wildman–Crippen LogP) is 2.67. The van der Waals surface area contributed by atoms with Crippen molar-refractivity contribution >= 4 is 8.32 Å². The molecular weight excluding hydrogens is 176 g/mol. The molecule has 0 amide bonds. The summed E-state index contributed by atoms with van der Waals surface area (Å²) in [5, 5.41) is 0. The molecule has 0 N–H and O–H groups in total. The van der Waals surface area contributed by atoms with Crippen LogP contribution in [0, 0.1) is 11.8 Å². The van der Waals surface area contributed by atoms with Gasteiger partial charge in [-0.2, -0.15) is 0 Å². The fourth-order valence-electron chi connectivity index (χ4n) is 1.89. The summed E-state index contributed by atoms with van der Waals surface area (Å²) >= 11 is 0. The Hall–Kier alpha value is -0.603. The van der Waals surface area contributed by atoms with Gasteiger partial charge >= 0.3 is 0 Å². The molecule has 0 atom stereocenters. The summed E-state index contributed by atoms with van der Waals surface area (Å²) in [6, 6.07) is 0. The summed E-state index contributed by atoms with van der Waals surface area (Å²) in [6.07, 6.45) is 9.39. The van der Waals surface area contributed by atoms with Gasteiger partial charge in [0.2, 0.25) is 8.32 Å². The lowest BCUT2D eigenvalue weighted by atomic mass is 10.1. The molecule has 0 aromatic rings. The molecule has 0 saturated heterocycles. The van der Waals surface area contributed by atoms with E-state index in [0.717, 1.165) is 0 Å². The number of hydrogen-bond donors (Lipinski definition) is 0. The number of fused-ring (bicyclic) bond motifs is 2.